The number of fused-ring (bicyclic) bond motifs is 4. The first kappa shape index (κ1) is 15.7. The van der Waals surface area contributed by atoms with Crippen LogP contribution in [0, 0.1) is 10.1 Å². The van der Waals surface area contributed by atoms with Gasteiger partial charge in [-0.2, -0.15) is 0 Å². The summed E-state index contributed by atoms with van der Waals surface area (Å²) in [5.41, 5.74) is 2.60. The number of carbonyl (C=O) groups excluding carboxylic acids is 1. The van der Waals surface area contributed by atoms with E-state index in [0.717, 1.165) is 24.9 Å². The lowest BCUT2D eigenvalue weighted by atomic mass is 9.94. The molecule has 5 rings (SSSR count). The molecule has 0 radical (unpaired) electrons. The maximum absolute atomic E-state index is 12.7. The standard InChI is InChI=1S/C19H14N4O4/c24-18-17(20-13-7-6-10(23(26)27)9-14(13)21-18)11-3-1-4-12-16(11)15-5-2-8-22(15)19(12)25/h1,3-4,6-7,9,15H,2,5,8H2,(H,21,24). The summed E-state index contributed by atoms with van der Waals surface area (Å²) < 4.78 is 0. The third kappa shape index (κ3) is 2.19. The molecule has 8 nitrogen and oxygen atoms in total. The summed E-state index contributed by atoms with van der Waals surface area (Å²) in [5, 5.41) is 10.9. The molecule has 3 aromatic rings. The summed E-state index contributed by atoms with van der Waals surface area (Å²) in [6, 6.07) is 9.51. The van der Waals surface area contributed by atoms with E-state index in [-0.39, 0.29) is 23.3 Å². The van der Waals surface area contributed by atoms with Crippen LogP contribution in [0.1, 0.15) is 34.8 Å². The largest absolute Gasteiger partial charge is 0.332 e. The highest BCUT2D eigenvalue weighted by atomic mass is 16.6. The molecular formula is C19H14N4O4. The summed E-state index contributed by atoms with van der Waals surface area (Å²) in [6.45, 7) is 0.725. The summed E-state index contributed by atoms with van der Waals surface area (Å²) >= 11 is 0. The smallest absolute Gasteiger partial charge is 0.274 e. The average Bonchev–Trinajstić information content (AvgIpc) is 3.24. The molecule has 1 amide bonds. The third-order valence-electron chi connectivity index (χ3n) is 5.33. The van der Waals surface area contributed by atoms with E-state index in [0.29, 0.717) is 22.2 Å². The van der Waals surface area contributed by atoms with Gasteiger partial charge in [-0.3, -0.25) is 19.7 Å². The first-order valence-corrected chi connectivity index (χ1v) is 8.67. The van der Waals surface area contributed by atoms with Gasteiger partial charge in [-0.1, -0.05) is 12.1 Å². The van der Waals surface area contributed by atoms with Crippen molar-refractivity contribution in [1.82, 2.24) is 14.9 Å². The molecule has 0 spiro atoms. The minimum absolute atomic E-state index is 0.00203. The fourth-order valence-corrected chi connectivity index (χ4v) is 4.15. The maximum atomic E-state index is 12.7. The van der Waals surface area contributed by atoms with Crippen LogP contribution in [-0.2, 0) is 0 Å². The number of benzene rings is 2. The SMILES string of the molecule is O=C1c2cccc(-c3nc4ccc([N+](=O)[O-])cc4[nH]c3=O)c2C2CCCN12. The molecule has 1 saturated heterocycles. The molecule has 2 aliphatic heterocycles. The van der Waals surface area contributed by atoms with Gasteiger partial charge in [0.05, 0.1) is 22.0 Å². The van der Waals surface area contributed by atoms with Gasteiger partial charge in [0, 0.05) is 29.8 Å². The molecule has 1 fully saturated rings. The quantitative estimate of drug-likeness (QED) is 0.557. The number of H-pyrrole nitrogens is 1. The van der Waals surface area contributed by atoms with E-state index in [1.807, 2.05) is 11.0 Å². The van der Waals surface area contributed by atoms with E-state index in [4.69, 9.17) is 0 Å². The normalized spacial score (nSPS) is 18.0. The number of amides is 1. The highest BCUT2D eigenvalue weighted by Gasteiger charge is 2.41. The number of hydrogen-bond acceptors (Lipinski definition) is 5. The monoisotopic (exact) mass is 362 g/mol. The van der Waals surface area contributed by atoms with Gasteiger partial charge in [-0.05, 0) is 30.5 Å². The predicted molar refractivity (Wildman–Crippen MR) is 97.5 cm³/mol. The van der Waals surface area contributed by atoms with Gasteiger partial charge in [0.15, 0.2) is 0 Å². The van der Waals surface area contributed by atoms with Gasteiger partial charge in [-0.15, -0.1) is 0 Å². The van der Waals surface area contributed by atoms with Crippen LogP contribution in [0.2, 0.25) is 0 Å². The third-order valence-corrected chi connectivity index (χ3v) is 5.33. The molecular weight excluding hydrogens is 348 g/mol. The molecule has 1 atom stereocenters. The molecule has 1 unspecified atom stereocenters. The lowest BCUT2D eigenvalue weighted by Crippen LogP contribution is -2.22. The van der Waals surface area contributed by atoms with Crippen LogP contribution in [0.3, 0.4) is 0 Å². The number of nitrogens with one attached hydrogen (secondary N) is 1. The lowest BCUT2D eigenvalue weighted by molar-refractivity contribution is -0.384. The van der Waals surface area contributed by atoms with Crippen molar-refractivity contribution in [3.05, 3.63) is 68.0 Å². The molecule has 134 valence electrons. The van der Waals surface area contributed by atoms with Crippen molar-refractivity contribution in [2.45, 2.75) is 18.9 Å². The number of nitrogens with zero attached hydrogens (tertiary/aromatic N) is 3. The van der Waals surface area contributed by atoms with Gasteiger partial charge >= 0.3 is 0 Å². The van der Waals surface area contributed by atoms with Crippen LogP contribution < -0.4 is 5.56 Å². The molecule has 8 heteroatoms. The minimum atomic E-state index is -0.518. The van der Waals surface area contributed by atoms with Gasteiger partial charge in [0.2, 0.25) is 0 Å². The van der Waals surface area contributed by atoms with Crippen LogP contribution in [-0.4, -0.2) is 32.2 Å². The van der Waals surface area contributed by atoms with Crippen molar-refractivity contribution in [2.24, 2.45) is 0 Å². The van der Waals surface area contributed by atoms with Crippen LogP contribution >= 0.6 is 0 Å². The maximum Gasteiger partial charge on any atom is 0.274 e. The summed E-state index contributed by atoms with van der Waals surface area (Å²) in [4.78, 5) is 44.8. The number of aromatic nitrogens is 2. The summed E-state index contributed by atoms with van der Waals surface area (Å²) in [7, 11) is 0. The second-order valence-electron chi connectivity index (χ2n) is 6.80. The van der Waals surface area contributed by atoms with Crippen molar-refractivity contribution in [2.75, 3.05) is 6.54 Å². The number of nitro benzene ring substituents is 1. The molecule has 2 aliphatic rings. The predicted octanol–water partition coefficient (Wildman–Crippen LogP) is 2.79. The van der Waals surface area contributed by atoms with Crippen LogP contribution in [0.5, 0.6) is 0 Å². The molecule has 0 aliphatic carbocycles. The summed E-state index contributed by atoms with van der Waals surface area (Å²) in [6.07, 6.45) is 1.81. The number of carbonyl (C=O) groups is 1. The summed E-state index contributed by atoms with van der Waals surface area (Å²) in [5.74, 6) is 0.00203. The van der Waals surface area contributed by atoms with Gasteiger partial charge in [0.25, 0.3) is 17.2 Å². The number of nitro groups is 1. The van der Waals surface area contributed by atoms with E-state index in [1.165, 1.54) is 18.2 Å². The first-order valence-electron chi connectivity index (χ1n) is 8.67. The van der Waals surface area contributed by atoms with Gasteiger partial charge in [0.1, 0.15) is 5.69 Å². The van der Waals surface area contributed by atoms with Crippen molar-refractivity contribution in [3.63, 3.8) is 0 Å². The Bertz CT molecular complexity index is 1200. The number of hydrogen-bond donors (Lipinski definition) is 1. The fraction of sp³-hybridized carbons (Fsp3) is 0.211. The van der Waals surface area contributed by atoms with Gasteiger partial charge in [-0.25, -0.2) is 4.98 Å². The van der Waals surface area contributed by atoms with E-state index in [9.17, 15) is 19.7 Å². The number of aromatic amines is 1. The number of rotatable bonds is 2. The zero-order chi connectivity index (χ0) is 18.7. The molecule has 1 aromatic heterocycles. The van der Waals surface area contributed by atoms with E-state index in [1.54, 1.807) is 12.1 Å². The number of non-ortho nitro benzene ring substituents is 1. The lowest BCUT2D eigenvalue weighted by Gasteiger charge is -2.16. The Balaban J connectivity index is 1.73. The zero-order valence-electron chi connectivity index (χ0n) is 14.1. The van der Waals surface area contributed by atoms with Crippen molar-refractivity contribution in [3.8, 4) is 11.3 Å². The fourth-order valence-electron chi connectivity index (χ4n) is 4.15. The second kappa shape index (κ2) is 5.47. The van der Waals surface area contributed by atoms with Crippen LogP contribution in [0.15, 0.2) is 41.2 Å². The highest BCUT2D eigenvalue weighted by molar-refractivity contribution is 6.01. The Morgan fingerprint density at radius 2 is 2.00 bits per heavy atom. The molecule has 2 aromatic carbocycles. The minimum Gasteiger partial charge on any atom is -0.332 e. The second-order valence-corrected chi connectivity index (χ2v) is 6.80. The molecule has 1 N–H and O–H groups in total. The van der Waals surface area contributed by atoms with Crippen LogP contribution in [0.4, 0.5) is 5.69 Å². The Morgan fingerprint density at radius 3 is 2.81 bits per heavy atom. The van der Waals surface area contributed by atoms with Gasteiger partial charge < -0.3 is 9.88 Å². The first-order chi connectivity index (χ1) is 13.0. The Hall–Kier alpha value is -3.55. The Morgan fingerprint density at radius 1 is 1.19 bits per heavy atom. The molecule has 27 heavy (non-hydrogen) atoms. The van der Waals surface area contributed by atoms with E-state index >= 15 is 0 Å². The molecule has 3 heterocycles. The topological polar surface area (TPSA) is 109 Å². The zero-order valence-corrected chi connectivity index (χ0v) is 14.1. The van der Waals surface area contributed by atoms with E-state index < -0.39 is 10.5 Å². The average molecular weight is 362 g/mol. The molecule has 0 bridgehead atoms. The van der Waals surface area contributed by atoms with Crippen molar-refractivity contribution >= 4 is 22.6 Å². The van der Waals surface area contributed by atoms with Crippen molar-refractivity contribution in [1.29, 1.82) is 0 Å². The van der Waals surface area contributed by atoms with E-state index in [2.05, 4.69) is 9.97 Å². The van der Waals surface area contributed by atoms with Crippen LogP contribution in [0.25, 0.3) is 22.3 Å². The Kier molecular flexibility index (Phi) is 3.18. The van der Waals surface area contributed by atoms with Crippen molar-refractivity contribution < 1.29 is 9.72 Å². The highest BCUT2D eigenvalue weighted by Crippen LogP contribution is 2.44. The molecule has 0 saturated carbocycles. The Labute approximate surface area is 152 Å².